The van der Waals surface area contributed by atoms with Crippen LogP contribution < -0.4 is 5.32 Å². The van der Waals surface area contributed by atoms with E-state index in [4.69, 9.17) is 0 Å². The average molecular weight is 311 g/mol. The molecule has 1 N–H and O–H groups in total. The molecule has 5 nitrogen and oxygen atoms in total. The molecule has 1 aliphatic rings. The summed E-state index contributed by atoms with van der Waals surface area (Å²) >= 11 is 0. The van der Waals surface area contributed by atoms with Crippen LogP contribution in [0.4, 0.5) is 0 Å². The van der Waals surface area contributed by atoms with Crippen LogP contribution in [0.3, 0.4) is 0 Å². The summed E-state index contributed by atoms with van der Waals surface area (Å²) in [6.07, 6.45) is 2.73. The van der Waals surface area contributed by atoms with E-state index in [0.717, 1.165) is 25.1 Å². The van der Waals surface area contributed by atoms with E-state index >= 15 is 0 Å². The summed E-state index contributed by atoms with van der Waals surface area (Å²) in [5.41, 5.74) is 1.01. The molecule has 118 valence electrons. The lowest BCUT2D eigenvalue weighted by Gasteiger charge is -2.15. The van der Waals surface area contributed by atoms with Crippen molar-refractivity contribution in [1.82, 2.24) is 14.6 Å². The van der Waals surface area contributed by atoms with Gasteiger partial charge in [0, 0.05) is 25.8 Å². The summed E-state index contributed by atoms with van der Waals surface area (Å²) in [7, 11) is -3.44. The molecule has 0 bridgehead atoms. The zero-order valence-electron chi connectivity index (χ0n) is 13.0. The fourth-order valence-corrected chi connectivity index (χ4v) is 4.04. The summed E-state index contributed by atoms with van der Waals surface area (Å²) < 4.78 is 26.6. The molecule has 0 saturated carbocycles. The van der Waals surface area contributed by atoms with Gasteiger partial charge in [0.1, 0.15) is 0 Å². The monoisotopic (exact) mass is 311 g/mol. The first-order valence-corrected chi connectivity index (χ1v) is 9.05. The Labute approximate surface area is 127 Å². The topological polar surface area (TPSA) is 62.3 Å². The Bertz CT molecular complexity index is 547. The predicted molar refractivity (Wildman–Crippen MR) is 83.3 cm³/mol. The maximum atomic E-state index is 12.5. The lowest BCUT2D eigenvalue weighted by Crippen LogP contribution is -2.29. The molecule has 2 heterocycles. The highest BCUT2D eigenvalue weighted by molar-refractivity contribution is 7.89. The quantitative estimate of drug-likeness (QED) is 0.815. The number of hydrogen-bond donors (Lipinski definition) is 1. The Kier molecular flexibility index (Phi) is 5.35. The van der Waals surface area contributed by atoms with Gasteiger partial charge < -0.3 is 5.32 Å². The zero-order valence-corrected chi connectivity index (χ0v) is 13.9. The van der Waals surface area contributed by atoms with E-state index in [9.17, 15) is 8.42 Å². The smallest absolute Gasteiger partial charge is 0.260 e. The molecule has 1 fully saturated rings. The van der Waals surface area contributed by atoms with Crippen LogP contribution in [0.1, 0.15) is 32.8 Å². The SMILES string of the molecule is CCCNCc1ccc(S(=O)(=O)N2CC(C)C(C)C2)nc1. The number of nitrogens with one attached hydrogen (secondary N) is 1. The van der Waals surface area contributed by atoms with Crippen LogP contribution in [0, 0.1) is 11.8 Å². The van der Waals surface area contributed by atoms with Gasteiger partial charge in [0.25, 0.3) is 10.0 Å². The van der Waals surface area contributed by atoms with Gasteiger partial charge in [0.2, 0.25) is 0 Å². The molecule has 2 unspecified atom stereocenters. The Balaban J connectivity index is 2.07. The van der Waals surface area contributed by atoms with Crippen LogP contribution in [0.15, 0.2) is 23.4 Å². The van der Waals surface area contributed by atoms with Crippen molar-refractivity contribution in [2.24, 2.45) is 11.8 Å². The van der Waals surface area contributed by atoms with Crippen LogP contribution in [0.25, 0.3) is 0 Å². The molecule has 0 amide bonds. The number of rotatable bonds is 6. The zero-order chi connectivity index (χ0) is 15.5. The van der Waals surface area contributed by atoms with Crippen LogP contribution >= 0.6 is 0 Å². The lowest BCUT2D eigenvalue weighted by atomic mass is 10.0. The van der Waals surface area contributed by atoms with Crippen molar-refractivity contribution in [3.63, 3.8) is 0 Å². The number of sulfonamides is 1. The maximum absolute atomic E-state index is 12.5. The number of hydrogen-bond acceptors (Lipinski definition) is 4. The van der Waals surface area contributed by atoms with Crippen LogP contribution in [-0.2, 0) is 16.6 Å². The fourth-order valence-electron chi connectivity index (χ4n) is 2.48. The second-order valence-electron chi connectivity index (χ2n) is 5.96. The molecule has 0 radical (unpaired) electrons. The third-order valence-electron chi connectivity index (χ3n) is 4.11. The van der Waals surface area contributed by atoms with Crippen molar-refractivity contribution in [2.45, 2.75) is 38.8 Å². The second kappa shape index (κ2) is 6.85. The van der Waals surface area contributed by atoms with Crippen molar-refractivity contribution in [1.29, 1.82) is 0 Å². The van der Waals surface area contributed by atoms with Crippen molar-refractivity contribution in [3.05, 3.63) is 23.9 Å². The van der Waals surface area contributed by atoms with Gasteiger partial charge in [0.15, 0.2) is 5.03 Å². The molecule has 6 heteroatoms. The van der Waals surface area contributed by atoms with Gasteiger partial charge in [-0.25, -0.2) is 13.4 Å². The minimum absolute atomic E-state index is 0.156. The minimum atomic E-state index is -3.44. The van der Waals surface area contributed by atoms with Gasteiger partial charge in [-0.1, -0.05) is 26.8 Å². The molecular weight excluding hydrogens is 286 g/mol. The maximum Gasteiger partial charge on any atom is 0.260 e. The van der Waals surface area contributed by atoms with Gasteiger partial charge in [0.05, 0.1) is 0 Å². The molecule has 1 aliphatic heterocycles. The van der Waals surface area contributed by atoms with E-state index in [2.05, 4.69) is 31.1 Å². The highest BCUT2D eigenvalue weighted by atomic mass is 32.2. The highest BCUT2D eigenvalue weighted by Crippen LogP contribution is 2.27. The molecule has 21 heavy (non-hydrogen) atoms. The Morgan fingerprint density at radius 1 is 1.29 bits per heavy atom. The first kappa shape index (κ1) is 16.4. The van der Waals surface area contributed by atoms with Crippen LogP contribution in [0.2, 0.25) is 0 Å². The van der Waals surface area contributed by atoms with Crippen molar-refractivity contribution in [2.75, 3.05) is 19.6 Å². The molecule has 1 aromatic rings. The Morgan fingerprint density at radius 2 is 1.95 bits per heavy atom. The summed E-state index contributed by atoms with van der Waals surface area (Å²) in [6.45, 7) is 9.14. The number of pyridine rings is 1. The first-order chi connectivity index (χ1) is 9.95. The van der Waals surface area contributed by atoms with Crippen LogP contribution in [0.5, 0.6) is 0 Å². The summed E-state index contributed by atoms with van der Waals surface area (Å²) in [4.78, 5) is 4.15. The predicted octanol–water partition coefficient (Wildman–Crippen LogP) is 1.86. The molecule has 0 aromatic carbocycles. The van der Waals surface area contributed by atoms with Crippen LogP contribution in [-0.4, -0.2) is 37.3 Å². The summed E-state index contributed by atoms with van der Waals surface area (Å²) in [6, 6.07) is 3.46. The standard InChI is InChI=1S/C15H25N3O2S/c1-4-7-16-8-14-5-6-15(17-9-14)21(19,20)18-10-12(2)13(3)11-18/h5-6,9,12-13,16H,4,7-8,10-11H2,1-3H3. The van der Waals surface area contributed by atoms with Gasteiger partial charge in [-0.2, -0.15) is 4.31 Å². The van der Waals surface area contributed by atoms with Crippen molar-refractivity contribution >= 4 is 10.0 Å². The van der Waals surface area contributed by atoms with Crippen molar-refractivity contribution < 1.29 is 8.42 Å². The molecular formula is C15H25N3O2S. The third kappa shape index (κ3) is 3.81. The van der Waals surface area contributed by atoms with E-state index in [1.54, 1.807) is 16.6 Å². The van der Waals surface area contributed by atoms with Gasteiger partial charge in [-0.3, -0.25) is 0 Å². The molecule has 0 spiro atoms. The molecule has 1 saturated heterocycles. The molecule has 0 aliphatic carbocycles. The Morgan fingerprint density at radius 3 is 2.48 bits per heavy atom. The van der Waals surface area contributed by atoms with Gasteiger partial charge >= 0.3 is 0 Å². The first-order valence-electron chi connectivity index (χ1n) is 7.61. The molecule has 2 atom stereocenters. The van der Waals surface area contributed by atoms with E-state index in [0.29, 0.717) is 24.9 Å². The van der Waals surface area contributed by atoms with Gasteiger partial charge in [-0.05, 0) is 36.4 Å². The Hall–Kier alpha value is -0.980. The number of aromatic nitrogens is 1. The normalized spacial score (nSPS) is 23.6. The lowest BCUT2D eigenvalue weighted by molar-refractivity contribution is 0.460. The minimum Gasteiger partial charge on any atom is -0.313 e. The number of nitrogens with zero attached hydrogens (tertiary/aromatic N) is 2. The average Bonchev–Trinajstić information content (AvgIpc) is 2.80. The fraction of sp³-hybridized carbons (Fsp3) is 0.667. The molecule has 1 aromatic heterocycles. The highest BCUT2D eigenvalue weighted by Gasteiger charge is 2.35. The second-order valence-corrected chi connectivity index (χ2v) is 7.84. The van der Waals surface area contributed by atoms with E-state index in [1.807, 2.05) is 6.07 Å². The molecule has 2 rings (SSSR count). The summed E-state index contributed by atoms with van der Waals surface area (Å²) in [5.74, 6) is 0.801. The van der Waals surface area contributed by atoms with Crippen molar-refractivity contribution in [3.8, 4) is 0 Å². The van der Waals surface area contributed by atoms with E-state index in [1.165, 1.54) is 0 Å². The van der Waals surface area contributed by atoms with E-state index in [-0.39, 0.29) is 5.03 Å². The third-order valence-corrected chi connectivity index (χ3v) is 5.86. The summed E-state index contributed by atoms with van der Waals surface area (Å²) in [5, 5.41) is 3.43. The van der Waals surface area contributed by atoms with E-state index < -0.39 is 10.0 Å². The largest absolute Gasteiger partial charge is 0.313 e. The van der Waals surface area contributed by atoms with Gasteiger partial charge in [-0.15, -0.1) is 0 Å².